The predicted octanol–water partition coefficient (Wildman–Crippen LogP) is 3.88. The first-order valence-corrected chi connectivity index (χ1v) is 7.71. The number of amides is 1. The van der Waals surface area contributed by atoms with E-state index in [0.29, 0.717) is 17.3 Å². The number of aromatic nitrogens is 1. The number of rotatable bonds is 6. The zero-order valence-corrected chi connectivity index (χ0v) is 13.5. The van der Waals surface area contributed by atoms with Crippen LogP contribution < -0.4 is 10.6 Å². The minimum Gasteiger partial charge on any atom is -0.381 e. The maximum Gasteiger partial charge on any atom is 0.251 e. The van der Waals surface area contributed by atoms with Gasteiger partial charge in [-0.05, 0) is 43.2 Å². The van der Waals surface area contributed by atoms with Gasteiger partial charge in [0, 0.05) is 30.0 Å². The summed E-state index contributed by atoms with van der Waals surface area (Å²) >= 11 is 5.85. The summed E-state index contributed by atoms with van der Waals surface area (Å²) in [5, 5.41) is 6.68. The van der Waals surface area contributed by atoms with Crippen LogP contribution in [0.4, 0.5) is 5.69 Å². The van der Waals surface area contributed by atoms with Crippen LogP contribution in [-0.4, -0.2) is 16.9 Å². The standard InChI is InChI=1S/C17H20ClN3O/c1-3-12(2)21-17(22)14-6-4-5-13(9-14)11-20-15-7-8-19-16(18)10-15/h4-10,12H,3,11H2,1-2H3,(H,19,20)(H,21,22). The number of carbonyl (C=O) groups is 1. The van der Waals surface area contributed by atoms with Crippen LogP contribution >= 0.6 is 11.6 Å². The Morgan fingerprint density at radius 1 is 1.32 bits per heavy atom. The number of halogens is 1. The van der Waals surface area contributed by atoms with Gasteiger partial charge in [-0.3, -0.25) is 4.79 Å². The average molecular weight is 318 g/mol. The Labute approximate surface area is 135 Å². The highest BCUT2D eigenvalue weighted by molar-refractivity contribution is 6.29. The molecule has 0 fully saturated rings. The van der Waals surface area contributed by atoms with Gasteiger partial charge >= 0.3 is 0 Å². The number of carbonyl (C=O) groups excluding carboxylic acids is 1. The van der Waals surface area contributed by atoms with E-state index in [0.717, 1.165) is 17.7 Å². The van der Waals surface area contributed by atoms with E-state index in [9.17, 15) is 4.79 Å². The summed E-state index contributed by atoms with van der Waals surface area (Å²) in [6.07, 6.45) is 2.57. The van der Waals surface area contributed by atoms with Crippen LogP contribution in [0.15, 0.2) is 42.6 Å². The van der Waals surface area contributed by atoms with Crippen LogP contribution in [0.25, 0.3) is 0 Å². The SMILES string of the molecule is CCC(C)NC(=O)c1cccc(CNc2ccnc(Cl)c2)c1. The van der Waals surface area contributed by atoms with Crippen molar-refractivity contribution < 1.29 is 4.79 Å². The van der Waals surface area contributed by atoms with E-state index in [2.05, 4.69) is 15.6 Å². The normalized spacial score (nSPS) is 11.8. The molecule has 2 N–H and O–H groups in total. The molecular formula is C17H20ClN3O. The van der Waals surface area contributed by atoms with E-state index in [1.807, 2.05) is 44.2 Å². The van der Waals surface area contributed by atoms with E-state index in [-0.39, 0.29) is 11.9 Å². The number of nitrogens with one attached hydrogen (secondary N) is 2. The lowest BCUT2D eigenvalue weighted by molar-refractivity contribution is 0.0939. The van der Waals surface area contributed by atoms with E-state index >= 15 is 0 Å². The Morgan fingerprint density at radius 2 is 2.14 bits per heavy atom. The fraction of sp³-hybridized carbons (Fsp3) is 0.294. The molecule has 0 aliphatic carbocycles. The number of hydrogen-bond donors (Lipinski definition) is 2. The van der Waals surface area contributed by atoms with Crippen molar-refractivity contribution in [2.24, 2.45) is 0 Å². The molecule has 0 radical (unpaired) electrons. The zero-order valence-electron chi connectivity index (χ0n) is 12.8. The number of anilines is 1. The molecule has 2 aromatic rings. The lowest BCUT2D eigenvalue weighted by Gasteiger charge is -2.12. The fourth-order valence-electron chi connectivity index (χ4n) is 1.95. The Kier molecular flexibility index (Phi) is 5.78. The Hall–Kier alpha value is -2.07. The number of hydrogen-bond acceptors (Lipinski definition) is 3. The summed E-state index contributed by atoms with van der Waals surface area (Å²) in [5.41, 5.74) is 2.60. The highest BCUT2D eigenvalue weighted by Crippen LogP contribution is 2.14. The predicted molar refractivity (Wildman–Crippen MR) is 90.2 cm³/mol. The largest absolute Gasteiger partial charge is 0.381 e. The van der Waals surface area contributed by atoms with E-state index in [1.54, 1.807) is 12.3 Å². The molecule has 0 aliphatic heterocycles. The third-order valence-corrected chi connectivity index (χ3v) is 3.61. The highest BCUT2D eigenvalue weighted by Gasteiger charge is 2.08. The molecule has 4 nitrogen and oxygen atoms in total. The molecule has 116 valence electrons. The molecule has 0 aliphatic rings. The molecule has 1 unspecified atom stereocenters. The first-order chi connectivity index (χ1) is 10.6. The van der Waals surface area contributed by atoms with Crippen LogP contribution in [0.3, 0.4) is 0 Å². The van der Waals surface area contributed by atoms with Crippen molar-refractivity contribution in [3.8, 4) is 0 Å². The third kappa shape index (κ3) is 4.74. The van der Waals surface area contributed by atoms with Gasteiger partial charge in [-0.1, -0.05) is 30.7 Å². The molecule has 5 heteroatoms. The summed E-state index contributed by atoms with van der Waals surface area (Å²) in [7, 11) is 0. The molecule has 0 spiro atoms. The second-order valence-corrected chi connectivity index (χ2v) is 5.59. The quantitative estimate of drug-likeness (QED) is 0.795. The Morgan fingerprint density at radius 3 is 2.86 bits per heavy atom. The zero-order chi connectivity index (χ0) is 15.9. The molecule has 22 heavy (non-hydrogen) atoms. The van der Waals surface area contributed by atoms with E-state index < -0.39 is 0 Å². The maximum absolute atomic E-state index is 12.1. The molecular weight excluding hydrogens is 298 g/mol. The molecule has 0 saturated carbocycles. The fourth-order valence-corrected chi connectivity index (χ4v) is 2.12. The van der Waals surface area contributed by atoms with Gasteiger partial charge in [-0.2, -0.15) is 0 Å². The minimum atomic E-state index is -0.0387. The Balaban J connectivity index is 2.00. The summed E-state index contributed by atoms with van der Waals surface area (Å²) < 4.78 is 0. The number of pyridine rings is 1. The minimum absolute atomic E-state index is 0.0387. The summed E-state index contributed by atoms with van der Waals surface area (Å²) in [4.78, 5) is 16.1. The van der Waals surface area contributed by atoms with Gasteiger partial charge in [0.05, 0.1) is 0 Å². The van der Waals surface area contributed by atoms with Crippen molar-refractivity contribution in [1.82, 2.24) is 10.3 Å². The van der Waals surface area contributed by atoms with Gasteiger partial charge in [0.1, 0.15) is 5.15 Å². The van der Waals surface area contributed by atoms with Crippen LogP contribution in [-0.2, 0) is 6.54 Å². The molecule has 0 saturated heterocycles. The van der Waals surface area contributed by atoms with Crippen molar-refractivity contribution in [2.45, 2.75) is 32.9 Å². The molecule has 1 atom stereocenters. The van der Waals surface area contributed by atoms with Crippen LogP contribution in [0, 0.1) is 0 Å². The first-order valence-electron chi connectivity index (χ1n) is 7.33. The second kappa shape index (κ2) is 7.80. The molecule has 1 aromatic carbocycles. The lowest BCUT2D eigenvalue weighted by atomic mass is 10.1. The van der Waals surface area contributed by atoms with Crippen molar-refractivity contribution >= 4 is 23.2 Å². The van der Waals surface area contributed by atoms with Gasteiger partial charge < -0.3 is 10.6 Å². The van der Waals surface area contributed by atoms with E-state index in [1.165, 1.54) is 0 Å². The Bertz CT molecular complexity index is 645. The average Bonchev–Trinajstić information content (AvgIpc) is 2.53. The van der Waals surface area contributed by atoms with Gasteiger partial charge in [0.25, 0.3) is 5.91 Å². The van der Waals surface area contributed by atoms with Crippen molar-refractivity contribution in [3.05, 3.63) is 58.9 Å². The van der Waals surface area contributed by atoms with Crippen LogP contribution in [0.2, 0.25) is 5.15 Å². The van der Waals surface area contributed by atoms with Crippen LogP contribution in [0.5, 0.6) is 0 Å². The van der Waals surface area contributed by atoms with Gasteiger partial charge in [-0.25, -0.2) is 4.98 Å². The van der Waals surface area contributed by atoms with Crippen LogP contribution in [0.1, 0.15) is 36.2 Å². The van der Waals surface area contributed by atoms with Crippen molar-refractivity contribution in [1.29, 1.82) is 0 Å². The monoisotopic (exact) mass is 317 g/mol. The smallest absolute Gasteiger partial charge is 0.251 e. The van der Waals surface area contributed by atoms with Crippen molar-refractivity contribution in [3.63, 3.8) is 0 Å². The van der Waals surface area contributed by atoms with Gasteiger partial charge in [0.15, 0.2) is 0 Å². The number of nitrogens with zero attached hydrogens (tertiary/aromatic N) is 1. The number of benzene rings is 1. The summed E-state index contributed by atoms with van der Waals surface area (Å²) in [5.74, 6) is -0.0387. The van der Waals surface area contributed by atoms with Gasteiger partial charge in [0.2, 0.25) is 0 Å². The first kappa shape index (κ1) is 16.3. The van der Waals surface area contributed by atoms with E-state index in [4.69, 9.17) is 11.6 Å². The molecule has 1 aromatic heterocycles. The second-order valence-electron chi connectivity index (χ2n) is 5.20. The third-order valence-electron chi connectivity index (χ3n) is 3.40. The molecule has 1 amide bonds. The summed E-state index contributed by atoms with van der Waals surface area (Å²) in [6, 6.07) is 11.4. The topological polar surface area (TPSA) is 54.0 Å². The van der Waals surface area contributed by atoms with Crippen molar-refractivity contribution in [2.75, 3.05) is 5.32 Å². The molecule has 2 rings (SSSR count). The lowest BCUT2D eigenvalue weighted by Crippen LogP contribution is -2.31. The summed E-state index contributed by atoms with van der Waals surface area (Å²) in [6.45, 7) is 4.66. The molecule has 0 bridgehead atoms. The highest BCUT2D eigenvalue weighted by atomic mass is 35.5. The molecule has 1 heterocycles. The maximum atomic E-state index is 12.1. The van der Waals surface area contributed by atoms with Gasteiger partial charge in [-0.15, -0.1) is 0 Å².